The molecule has 6 nitrogen and oxygen atoms in total. The van der Waals surface area contributed by atoms with Gasteiger partial charge in [0.2, 0.25) is 5.75 Å². The summed E-state index contributed by atoms with van der Waals surface area (Å²) in [5, 5.41) is 18.0. The SMILES string of the molecule is O=C(O)c1nc(Cc2ccc(F)c(F)c2)[nH]c(=O)c1O. The monoisotopic (exact) mass is 282 g/mol. The Bertz CT molecular complexity index is 743. The number of aromatic hydroxyl groups is 1. The van der Waals surface area contributed by atoms with Gasteiger partial charge in [-0.05, 0) is 17.7 Å². The van der Waals surface area contributed by atoms with Crippen LogP contribution in [0.5, 0.6) is 5.75 Å². The Hall–Kier alpha value is -2.77. The van der Waals surface area contributed by atoms with Gasteiger partial charge in [-0.25, -0.2) is 18.6 Å². The highest BCUT2D eigenvalue weighted by molar-refractivity contribution is 5.88. The minimum atomic E-state index is -1.57. The summed E-state index contributed by atoms with van der Waals surface area (Å²) in [6.07, 6.45) is -0.118. The van der Waals surface area contributed by atoms with E-state index in [-0.39, 0.29) is 17.8 Å². The van der Waals surface area contributed by atoms with Gasteiger partial charge in [0, 0.05) is 6.42 Å². The highest BCUT2D eigenvalue weighted by Crippen LogP contribution is 2.13. The van der Waals surface area contributed by atoms with Crippen molar-refractivity contribution in [1.29, 1.82) is 0 Å². The van der Waals surface area contributed by atoms with Gasteiger partial charge in [-0.1, -0.05) is 6.07 Å². The number of aromatic carboxylic acids is 1. The van der Waals surface area contributed by atoms with Crippen molar-refractivity contribution >= 4 is 5.97 Å². The molecule has 0 unspecified atom stereocenters. The van der Waals surface area contributed by atoms with E-state index in [9.17, 15) is 23.5 Å². The zero-order chi connectivity index (χ0) is 14.9. The first-order chi connectivity index (χ1) is 9.38. The van der Waals surface area contributed by atoms with Crippen molar-refractivity contribution in [3.63, 3.8) is 0 Å². The molecular formula is C12H8F2N2O4. The van der Waals surface area contributed by atoms with Crippen molar-refractivity contribution in [2.45, 2.75) is 6.42 Å². The molecule has 104 valence electrons. The van der Waals surface area contributed by atoms with Gasteiger partial charge >= 0.3 is 5.97 Å². The number of H-pyrrole nitrogens is 1. The van der Waals surface area contributed by atoms with E-state index in [4.69, 9.17) is 5.11 Å². The molecule has 0 saturated heterocycles. The van der Waals surface area contributed by atoms with Gasteiger partial charge in [-0.2, -0.15) is 0 Å². The second-order valence-electron chi connectivity index (χ2n) is 3.94. The van der Waals surface area contributed by atoms with E-state index < -0.39 is 34.6 Å². The van der Waals surface area contributed by atoms with Crippen molar-refractivity contribution in [2.24, 2.45) is 0 Å². The third kappa shape index (κ3) is 2.63. The molecule has 2 rings (SSSR count). The number of carboxylic acids is 1. The average Bonchev–Trinajstić information content (AvgIpc) is 2.37. The maximum Gasteiger partial charge on any atom is 0.358 e. The third-order valence-corrected chi connectivity index (χ3v) is 2.50. The Labute approximate surface area is 110 Å². The smallest absolute Gasteiger partial charge is 0.358 e. The number of hydrogen-bond acceptors (Lipinski definition) is 4. The molecule has 20 heavy (non-hydrogen) atoms. The highest BCUT2D eigenvalue weighted by atomic mass is 19.2. The fourth-order valence-corrected chi connectivity index (χ4v) is 1.59. The molecule has 1 heterocycles. The van der Waals surface area contributed by atoms with Crippen LogP contribution in [-0.2, 0) is 6.42 Å². The van der Waals surface area contributed by atoms with E-state index in [1.807, 2.05) is 0 Å². The minimum Gasteiger partial charge on any atom is -0.501 e. The standard InChI is InChI=1S/C12H8F2N2O4/c13-6-2-1-5(3-7(6)14)4-8-15-9(12(19)20)10(17)11(18)16-8/h1-3,17H,4H2,(H,19,20)(H,15,16,18). The number of nitrogens with zero attached hydrogens (tertiary/aromatic N) is 1. The predicted molar refractivity (Wildman–Crippen MR) is 62.6 cm³/mol. The van der Waals surface area contributed by atoms with Gasteiger partial charge in [0.15, 0.2) is 17.3 Å². The summed E-state index contributed by atoms with van der Waals surface area (Å²) in [6.45, 7) is 0. The van der Waals surface area contributed by atoms with E-state index in [0.29, 0.717) is 0 Å². The lowest BCUT2D eigenvalue weighted by Crippen LogP contribution is -2.17. The lowest BCUT2D eigenvalue weighted by Gasteiger charge is -2.04. The van der Waals surface area contributed by atoms with Crippen LogP contribution < -0.4 is 5.56 Å². The van der Waals surface area contributed by atoms with Crippen LogP contribution in [0.1, 0.15) is 21.9 Å². The first-order valence-corrected chi connectivity index (χ1v) is 5.38. The molecule has 0 aliphatic rings. The third-order valence-electron chi connectivity index (χ3n) is 2.50. The molecule has 3 N–H and O–H groups in total. The maximum atomic E-state index is 13.0. The lowest BCUT2D eigenvalue weighted by atomic mass is 10.1. The topological polar surface area (TPSA) is 103 Å². The number of aromatic nitrogens is 2. The van der Waals surface area contributed by atoms with Gasteiger partial charge in [0.25, 0.3) is 5.56 Å². The molecule has 0 aliphatic carbocycles. The number of benzene rings is 1. The first-order valence-electron chi connectivity index (χ1n) is 5.38. The van der Waals surface area contributed by atoms with E-state index in [1.165, 1.54) is 6.07 Å². The molecule has 0 bridgehead atoms. The second-order valence-corrected chi connectivity index (χ2v) is 3.94. The fourth-order valence-electron chi connectivity index (χ4n) is 1.59. The molecule has 0 amide bonds. The number of carbonyl (C=O) groups is 1. The molecule has 0 atom stereocenters. The van der Waals surface area contributed by atoms with Crippen LogP contribution in [0.15, 0.2) is 23.0 Å². The molecule has 0 aliphatic heterocycles. The molecule has 0 fully saturated rings. The lowest BCUT2D eigenvalue weighted by molar-refractivity contribution is 0.0686. The summed E-state index contributed by atoms with van der Waals surface area (Å²) >= 11 is 0. The highest BCUT2D eigenvalue weighted by Gasteiger charge is 2.17. The Kier molecular flexibility index (Phi) is 3.47. The summed E-state index contributed by atoms with van der Waals surface area (Å²) in [5.74, 6) is -4.75. The van der Waals surface area contributed by atoms with Crippen molar-refractivity contribution in [2.75, 3.05) is 0 Å². The molecule has 2 aromatic rings. The van der Waals surface area contributed by atoms with Gasteiger partial charge in [0.1, 0.15) is 5.82 Å². The summed E-state index contributed by atoms with van der Waals surface area (Å²) < 4.78 is 25.8. The summed E-state index contributed by atoms with van der Waals surface area (Å²) in [5.41, 5.74) is -1.53. The largest absolute Gasteiger partial charge is 0.501 e. The number of aromatic amines is 1. The van der Waals surface area contributed by atoms with Crippen molar-refractivity contribution in [3.05, 3.63) is 57.3 Å². The number of hydrogen-bond donors (Lipinski definition) is 3. The molecule has 1 aromatic heterocycles. The van der Waals surface area contributed by atoms with E-state index in [2.05, 4.69) is 9.97 Å². The first kappa shape index (κ1) is 13.7. The number of nitrogens with one attached hydrogen (secondary N) is 1. The Morgan fingerprint density at radius 3 is 2.60 bits per heavy atom. The number of halogens is 2. The average molecular weight is 282 g/mol. The Balaban J connectivity index is 2.41. The van der Waals surface area contributed by atoms with Crippen LogP contribution in [0.2, 0.25) is 0 Å². The van der Waals surface area contributed by atoms with E-state index >= 15 is 0 Å². The zero-order valence-electron chi connectivity index (χ0n) is 9.85. The molecule has 0 spiro atoms. The maximum absolute atomic E-state index is 13.0. The normalized spacial score (nSPS) is 10.5. The van der Waals surface area contributed by atoms with E-state index in [0.717, 1.165) is 12.1 Å². The zero-order valence-corrected chi connectivity index (χ0v) is 9.85. The van der Waals surface area contributed by atoms with Crippen LogP contribution in [0.25, 0.3) is 0 Å². The van der Waals surface area contributed by atoms with Crippen molar-refractivity contribution in [1.82, 2.24) is 9.97 Å². The second kappa shape index (κ2) is 5.08. The van der Waals surface area contributed by atoms with Gasteiger partial charge < -0.3 is 15.2 Å². The van der Waals surface area contributed by atoms with Crippen LogP contribution >= 0.6 is 0 Å². The minimum absolute atomic E-state index is 0.0868. The summed E-state index contributed by atoms with van der Waals surface area (Å²) in [4.78, 5) is 27.8. The van der Waals surface area contributed by atoms with Crippen molar-refractivity contribution < 1.29 is 23.8 Å². The fraction of sp³-hybridized carbons (Fsp3) is 0.0833. The molecule has 0 radical (unpaired) electrons. The Morgan fingerprint density at radius 2 is 2.00 bits per heavy atom. The summed E-state index contributed by atoms with van der Waals surface area (Å²) in [7, 11) is 0. The van der Waals surface area contributed by atoms with Crippen LogP contribution in [0, 0.1) is 11.6 Å². The van der Waals surface area contributed by atoms with Gasteiger partial charge in [-0.15, -0.1) is 0 Å². The Morgan fingerprint density at radius 1 is 1.30 bits per heavy atom. The van der Waals surface area contributed by atoms with Crippen molar-refractivity contribution in [3.8, 4) is 5.75 Å². The molecule has 0 saturated carbocycles. The van der Waals surface area contributed by atoms with Crippen LogP contribution in [-0.4, -0.2) is 26.2 Å². The van der Waals surface area contributed by atoms with E-state index in [1.54, 1.807) is 0 Å². The molecular weight excluding hydrogens is 274 g/mol. The van der Waals surface area contributed by atoms with Crippen LogP contribution in [0.3, 0.4) is 0 Å². The quantitative estimate of drug-likeness (QED) is 0.780. The number of carboxylic acid groups (broad SMARTS) is 1. The number of rotatable bonds is 3. The molecule has 1 aromatic carbocycles. The summed E-state index contributed by atoms with van der Waals surface area (Å²) in [6, 6.07) is 3.08. The molecule has 8 heteroatoms. The van der Waals surface area contributed by atoms with Gasteiger partial charge in [0.05, 0.1) is 0 Å². The van der Waals surface area contributed by atoms with Crippen LogP contribution in [0.4, 0.5) is 8.78 Å². The predicted octanol–water partition coefficient (Wildman–Crippen LogP) is 1.04. The van der Waals surface area contributed by atoms with Gasteiger partial charge in [-0.3, -0.25) is 4.79 Å².